The highest BCUT2D eigenvalue weighted by atomic mass is 16.7. The van der Waals surface area contributed by atoms with Gasteiger partial charge in [-0.3, -0.25) is 4.79 Å². The summed E-state index contributed by atoms with van der Waals surface area (Å²) < 4.78 is 12.5. The van der Waals surface area contributed by atoms with Crippen LogP contribution in [0.1, 0.15) is 63.9 Å². The van der Waals surface area contributed by atoms with E-state index in [4.69, 9.17) is 9.31 Å². The molecule has 2 heterocycles. The van der Waals surface area contributed by atoms with Gasteiger partial charge in [-0.15, -0.1) is 0 Å². The number of fused-ring (bicyclic) bond motifs is 1. The number of aliphatic hydroxyl groups excluding tert-OH is 1. The van der Waals surface area contributed by atoms with Gasteiger partial charge in [0.2, 0.25) is 0 Å². The molecule has 0 radical (unpaired) electrons. The standard InChI is InChI=1S/C22H29BN2O4/c1-21(2)22(3,4)29-23(28-21)15-13-18(24-16-10-6-5-9-14(15)16)20(27)25-17-11-7-8-12-19(17)26/h5-6,9-10,13,17,19,26H,7-8,11-12H2,1-4H3,(H,25,27)/t17-,19-/m0/s1. The number of hydrogen-bond donors (Lipinski definition) is 2. The third kappa shape index (κ3) is 3.79. The number of nitrogens with one attached hydrogen (secondary N) is 1. The molecule has 7 heteroatoms. The second-order valence-corrected chi connectivity index (χ2v) is 9.13. The molecule has 1 aromatic heterocycles. The molecule has 29 heavy (non-hydrogen) atoms. The van der Waals surface area contributed by atoms with E-state index in [0.717, 1.165) is 36.5 Å². The van der Waals surface area contributed by atoms with Crippen LogP contribution in [-0.2, 0) is 9.31 Å². The van der Waals surface area contributed by atoms with Gasteiger partial charge in [0.05, 0.1) is 28.9 Å². The lowest BCUT2D eigenvalue weighted by atomic mass is 9.76. The summed E-state index contributed by atoms with van der Waals surface area (Å²) in [6, 6.07) is 9.22. The maximum absolute atomic E-state index is 13.0. The molecule has 1 amide bonds. The van der Waals surface area contributed by atoms with Crippen molar-refractivity contribution in [2.45, 2.75) is 76.7 Å². The fourth-order valence-electron chi connectivity index (χ4n) is 4.01. The number of hydrogen-bond acceptors (Lipinski definition) is 5. The first kappa shape index (κ1) is 20.3. The highest BCUT2D eigenvalue weighted by molar-refractivity contribution is 6.65. The molecule has 0 spiro atoms. The highest BCUT2D eigenvalue weighted by Crippen LogP contribution is 2.37. The molecule has 1 saturated heterocycles. The third-order valence-corrected chi connectivity index (χ3v) is 6.53. The topological polar surface area (TPSA) is 80.7 Å². The number of carbonyl (C=O) groups excluding carboxylic acids is 1. The number of nitrogens with zero attached hydrogens (tertiary/aromatic N) is 1. The van der Waals surface area contributed by atoms with E-state index in [2.05, 4.69) is 10.3 Å². The van der Waals surface area contributed by atoms with E-state index in [0.29, 0.717) is 11.2 Å². The van der Waals surface area contributed by atoms with Gasteiger partial charge >= 0.3 is 7.12 Å². The molecule has 1 aliphatic carbocycles. The van der Waals surface area contributed by atoms with Crippen molar-refractivity contribution in [3.63, 3.8) is 0 Å². The van der Waals surface area contributed by atoms with Crippen molar-refractivity contribution in [1.82, 2.24) is 10.3 Å². The van der Waals surface area contributed by atoms with Crippen molar-refractivity contribution in [3.05, 3.63) is 36.0 Å². The molecule has 1 aromatic carbocycles. The predicted molar refractivity (Wildman–Crippen MR) is 113 cm³/mol. The fourth-order valence-corrected chi connectivity index (χ4v) is 4.01. The molecule has 1 aliphatic heterocycles. The summed E-state index contributed by atoms with van der Waals surface area (Å²) in [7, 11) is -0.584. The van der Waals surface area contributed by atoms with E-state index < -0.39 is 24.4 Å². The highest BCUT2D eigenvalue weighted by Gasteiger charge is 2.52. The van der Waals surface area contributed by atoms with Crippen LogP contribution >= 0.6 is 0 Å². The van der Waals surface area contributed by atoms with E-state index in [1.807, 2.05) is 52.0 Å². The molecule has 2 atom stereocenters. The molecule has 2 N–H and O–H groups in total. The summed E-state index contributed by atoms with van der Waals surface area (Å²) in [6.45, 7) is 8.03. The van der Waals surface area contributed by atoms with E-state index in [-0.39, 0.29) is 11.9 Å². The summed E-state index contributed by atoms with van der Waals surface area (Å²) in [4.78, 5) is 17.5. The van der Waals surface area contributed by atoms with Crippen LogP contribution in [0.2, 0.25) is 0 Å². The molecule has 2 fully saturated rings. The largest absolute Gasteiger partial charge is 0.495 e. The number of amides is 1. The summed E-state index contributed by atoms with van der Waals surface area (Å²) in [6.07, 6.45) is 3.00. The van der Waals surface area contributed by atoms with Gasteiger partial charge in [0, 0.05) is 0 Å². The summed E-state index contributed by atoms with van der Waals surface area (Å²) in [5.41, 5.74) is 0.872. The molecule has 2 aliphatic rings. The fraction of sp³-hybridized carbons (Fsp3) is 0.545. The first-order valence-electron chi connectivity index (χ1n) is 10.4. The Morgan fingerprint density at radius 1 is 1.14 bits per heavy atom. The Morgan fingerprint density at radius 3 is 2.48 bits per heavy atom. The van der Waals surface area contributed by atoms with Gasteiger partial charge in [-0.1, -0.05) is 31.0 Å². The van der Waals surface area contributed by atoms with Crippen molar-refractivity contribution in [1.29, 1.82) is 0 Å². The van der Waals surface area contributed by atoms with Crippen molar-refractivity contribution in [2.75, 3.05) is 0 Å². The Balaban J connectivity index is 1.69. The first-order valence-corrected chi connectivity index (χ1v) is 10.4. The van der Waals surface area contributed by atoms with E-state index in [1.165, 1.54) is 0 Å². The van der Waals surface area contributed by atoms with Gasteiger partial charge in [0.1, 0.15) is 5.69 Å². The van der Waals surface area contributed by atoms with Crippen LogP contribution in [0.5, 0.6) is 0 Å². The Labute approximate surface area is 172 Å². The van der Waals surface area contributed by atoms with Gasteiger partial charge in [0.15, 0.2) is 0 Å². The molecular weight excluding hydrogens is 367 g/mol. The molecular formula is C22H29BN2O4. The number of para-hydroxylation sites is 1. The van der Waals surface area contributed by atoms with Gasteiger partial charge in [0.25, 0.3) is 5.91 Å². The Morgan fingerprint density at radius 2 is 1.79 bits per heavy atom. The molecule has 0 bridgehead atoms. The van der Waals surface area contributed by atoms with Crippen molar-refractivity contribution >= 4 is 29.4 Å². The molecule has 6 nitrogen and oxygen atoms in total. The zero-order valence-electron chi connectivity index (χ0n) is 17.6. The maximum atomic E-state index is 13.0. The molecule has 0 unspecified atom stereocenters. The monoisotopic (exact) mass is 396 g/mol. The van der Waals surface area contributed by atoms with Crippen LogP contribution < -0.4 is 10.8 Å². The Bertz CT molecular complexity index is 914. The van der Waals surface area contributed by atoms with Gasteiger partial charge in [-0.05, 0) is 63.5 Å². The lowest BCUT2D eigenvalue weighted by Crippen LogP contribution is -2.45. The number of pyridine rings is 1. The average Bonchev–Trinajstić information content (AvgIpc) is 2.90. The average molecular weight is 396 g/mol. The van der Waals surface area contributed by atoms with Crippen LogP contribution in [0.3, 0.4) is 0 Å². The summed E-state index contributed by atoms with van der Waals surface area (Å²) in [5.74, 6) is -0.278. The van der Waals surface area contributed by atoms with E-state index in [1.54, 1.807) is 6.07 Å². The second-order valence-electron chi connectivity index (χ2n) is 9.13. The number of aromatic nitrogens is 1. The number of rotatable bonds is 3. The van der Waals surface area contributed by atoms with Gasteiger partial charge in [-0.2, -0.15) is 0 Å². The van der Waals surface area contributed by atoms with Crippen molar-refractivity contribution in [2.24, 2.45) is 0 Å². The molecule has 4 rings (SSSR count). The number of benzene rings is 1. The second kappa shape index (κ2) is 7.38. The molecule has 1 saturated carbocycles. The first-order chi connectivity index (χ1) is 13.7. The molecule has 154 valence electrons. The SMILES string of the molecule is CC1(C)OB(c2cc(C(=O)N[C@H]3CCCC[C@@H]3O)nc3ccccc23)OC1(C)C. The van der Waals surface area contributed by atoms with Crippen molar-refractivity contribution in [3.8, 4) is 0 Å². The van der Waals surface area contributed by atoms with Crippen LogP contribution in [0.15, 0.2) is 30.3 Å². The Hall–Kier alpha value is -1.96. The molecule has 2 aromatic rings. The zero-order chi connectivity index (χ0) is 20.8. The van der Waals surface area contributed by atoms with Crippen LogP contribution in [-0.4, -0.2) is 46.5 Å². The van der Waals surface area contributed by atoms with Crippen LogP contribution in [0, 0.1) is 0 Å². The minimum Gasteiger partial charge on any atom is -0.399 e. The van der Waals surface area contributed by atoms with E-state index in [9.17, 15) is 9.90 Å². The normalized spacial score (nSPS) is 25.9. The van der Waals surface area contributed by atoms with Crippen molar-refractivity contribution < 1.29 is 19.2 Å². The zero-order valence-corrected chi connectivity index (χ0v) is 17.6. The quantitative estimate of drug-likeness (QED) is 0.780. The predicted octanol–water partition coefficient (Wildman–Crippen LogP) is 2.57. The van der Waals surface area contributed by atoms with E-state index >= 15 is 0 Å². The number of carbonyl (C=O) groups is 1. The maximum Gasteiger partial charge on any atom is 0.495 e. The van der Waals surface area contributed by atoms with Crippen LogP contribution in [0.25, 0.3) is 10.9 Å². The van der Waals surface area contributed by atoms with Crippen LogP contribution in [0.4, 0.5) is 0 Å². The Kier molecular flexibility index (Phi) is 5.17. The number of aliphatic hydroxyl groups is 1. The summed E-state index contributed by atoms with van der Waals surface area (Å²) in [5, 5.41) is 14.1. The van der Waals surface area contributed by atoms with Gasteiger partial charge in [-0.25, -0.2) is 4.98 Å². The lowest BCUT2D eigenvalue weighted by Gasteiger charge is -2.32. The third-order valence-electron chi connectivity index (χ3n) is 6.53. The minimum absolute atomic E-state index is 0.232. The minimum atomic E-state index is -0.584. The van der Waals surface area contributed by atoms with Gasteiger partial charge < -0.3 is 19.7 Å². The summed E-state index contributed by atoms with van der Waals surface area (Å²) >= 11 is 0. The smallest absolute Gasteiger partial charge is 0.399 e. The lowest BCUT2D eigenvalue weighted by molar-refractivity contribution is 0.00578.